The molecule has 3 rings (SSSR count). The lowest BCUT2D eigenvalue weighted by atomic mass is 9.66. The van der Waals surface area contributed by atoms with Gasteiger partial charge in [0.1, 0.15) is 11.5 Å². The Morgan fingerprint density at radius 1 is 1.04 bits per heavy atom. The SMILES string of the molecule is CC(C)COC(=O)C1(C2CCCCC2)CCCC1OC(=O)c1ccccc1. The molecule has 0 saturated heterocycles. The fourth-order valence-electron chi connectivity index (χ4n) is 4.80. The highest BCUT2D eigenvalue weighted by Crippen LogP contribution is 2.52. The zero-order valence-corrected chi connectivity index (χ0v) is 16.6. The van der Waals surface area contributed by atoms with Crippen LogP contribution < -0.4 is 0 Å². The van der Waals surface area contributed by atoms with Crippen molar-refractivity contribution in [2.45, 2.75) is 71.3 Å². The molecule has 4 nitrogen and oxygen atoms in total. The lowest BCUT2D eigenvalue weighted by Crippen LogP contribution is -2.48. The predicted octanol–water partition coefficient (Wildman–Crippen LogP) is 5.16. The number of benzene rings is 1. The summed E-state index contributed by atoms with van der Waals surface area (Å²) in [6.07, 6.45) is 7.58. The number of hydrogen-bond acceptors (Lipinski definition) is 4. The summed E-state index contributed by atoms with van der Waals surface area (Å²) in [5.41, 5.74) is -0.128. The largest absolute Gasteiger partial charge is 0.465 e. The van der Waals surface area contributed by atoms with Crippen LogP contribution >= 0.6 is 0 Å². The summed E-state index contributed by atoms with van der Waals surface area (Å²) in [7, 11) is 0. The molecule has 2 unspecified atom stereocenters. The van der Waals surface area contributed by atoms with Crippen molar-refractivity contribution in [2.24, 2.45) is 17.3 Å². The molecule has 4 heteroatoms. The molecule has 2 fully saturated rings. The van der Waals surface area contributed by atoms with Crippen LogP contribution in [0.4, 0.5) is 0 Å². The third-order valence-electron chi connectivity index (χ3n) is 6.15. The fraction of sp³-hybridized carbons (Fsp3) is 0.652. The van der Waals surface area contributed by atoms with Crippen molar-refractivity contribution in [2.75, 3.05) is 6.61 Å². The van der Waals surface area contributed by atoms with E-state index in [1.54, 1.807) is 12.1 Å². The Hall–Kier alpha value is -1.84. The van der Waals surface area contributed by atoms with Gasteiger partial charge in [-0.3, -0.25) is 4.79 Å². The maximum absolute atomic E-state index is 13.3. The molecule has 0 amide bonds. The lowest BCUT2D eigenvalue weighted by molar-refractivity contribution is -0.169. The first-order valence-electron chi connectivity index (χ1n) is 10.5. The summed E-state index contributed by atoms with van der Waals surface area (Å²) in [6, 6.07) is 9.06. The second-order valence-corrected chi connectivity index (χ2v) is 8.52. The van der Waals surface area contributed by atoms with Crippen molar-refractivity contribution in [1.82, 2.24) is 0 Å². The average molecular weight is 373 g/mol. The van der Waals surface area contributed by atoms with Crippen LogP contribution in [-0.2, 0) is 14.3 Å². The molecule has 27 heavy (non-hydrogen) atoms. The Labute approximate surface area is 162 Å². The minimum atomic E-state index is -0.667. The third kappa shape index (κ3) is 4.36. The normalized spacial score (nSPS) is 26.1. The fourth-order valence-corrected chi connectivity index (χ4v) is 4.80. The summed E-state index contributed by atoms with van der Waals surface area (Å²) in [6.45, 7) is 4.51. The topological polar surface area (TPSA) is 52.6 Å². The molecule has 1 aromatic carbocycles. The number of carbonyl (C=O) groups excluding carboxylic acids is 2. The Bertz CT molecular complexity index is 633. The smallest absolute Gasteiger partial charge is 0.338 e. The second kappa shape index (κ2) is 8.90. The van der Waals surface area contributed by atoms with Crippen molar-refractivity contribution >= 4 is 11.9 Å². The molecule has 0 aliphatic heterocycles. The van der Waals surface area contributed by atoms with E-state index in [9.17, 15) is 9.59 Å². The third-order valence-corrected chi connectivity index (χ3v) is 6.15. The Morgan fingerprint density at radius 2 is 1.74 bits per heavy atom. The van der Waals surface area contributed by atoms with E-state index in [4.69, 9.17) is 9.47 Å². The van der Waals surface area contributed by atoms with E-state index in [0.717, 1.165) is 44.9 Å². The van der Waals surface area contributed by atoms with Gasteiger partial charge in [-0.25, -0.2) is 4.79 Å². The first-order valence-corrected chi connectivity index (χ1v) is 10.5. The maximum atomic E-state index is 13.3. The minimum Gasteiger partial charge on any atom is -0.465 e. The Kier molecular flexibility index (Phi) is 6.56. The van der Waals surface area contributed by atoms with E-state index in [1.807, 2.05) is 32.0 Å². The van der Waals surface area contributed by atoms with Crippen LogP contribution in [0.3, 0.4) is 0 Å². The van der Waals surface area contributed by atoms with Crippen LogP contribution in [0.5, 0.6) is 0 Å². The number of carbonyl (C=O) groups is 2. The first-order chi connectivity index (χ1) is 13.0. The Morgan fingerprint density at radius 3 is 2.41 bits per heavy atom. The summed E-state index contributed by atoms with van der Waals surface area (Å²) < 4.78 is 11.7. The van der Waals surface area contributed by atoms with Crippen molar-refractivity contribution in [3.8, 4) is 0 Å². The van der Waals surface area contributed by atoms with Crippen LogP contribution in [0, 0.1) is 17.3 Å². The van der Waals surface area contributed by atoms with Gasteiger partial charge in [0, 0.05) is 0 Å². The van der Waals surface area contributed by atoms with Crippen molar-refractivity contribution in [3.63, 3.8) is 0 Å². The number of ether oxygens (including phenoxy) is 2. The second-order valence-electron chi connectivity index (χ2n) is 8.52. The predicted molar refractivity (Wildman–Crippen MR) is 104 cm³/mol. The zero-order chi connectivity index (χ0) is 19.3. The molecule has 0 radical (unpaired) electrons. The van der Waals surface area contributed by atoms with Gasteiger partial charge in [-0.2, -0.15) is 0 Å². The van der Waals surface area contributed by atoms with E-state index in [0.29, 0.717) is 18.1 Å². The molecule has 0 aromatic heterocycles. The monoisotopic (exact) mass is 372 g/mol. The van der Waals surface area contributed by atoms with Crippen LogP contribution in [-0.4, -0.2) is 24.6 Å². The first kappa shape index (κ1) is 19.9. The number of esters is 2. The van der Waals surface area contributed by atoms with Gasteiger partial charge in [0.2, 0.25) is 0 Å². The molecular formula is C23H32O4. The molecule has 148 valence electrons. The van der Waals surface area contributed by atoms with Crippen LogP contribution in [0.25, 0.3) is 0 Å². The summed E-state index contributed by atoms with van der Waals surface area (Å²) in [5.74, 6) is 0.0665. The number of rotatable bonds is 6. The molecular weight excluding hydrogens is 340 g/mol. The minimum absolute atomic E-state index is 0.147. The van der Waals surface area contributed by atoms with Crippen LogP contribution in [0.15, 0.2) is 30.3 Å². The molecule has 0 heterocycles. The molecule has 2 atom stereocenters. The highest BCUT2D eigenvalue weighted by molar-refractivity contribution is 5.90. The molecule has 0 N–H and O–H groups in total. The van der Waals surface area contributed by atoms with Gasteiger partial charge in [0.25, 0.3) is 0 Å². The maximum Gasteiger partial charge on any atom is 0.338 e. The standard InChI is InChI=1S/C23H32O4/c1-17(2)16-26-22(25)23(19-12-7-4-8-13-19)15-9-14-20(23)27-21(24)18-10-5-3-6-11-18/h3,5-6,10-11,17,19-20H,4,7-9,12-16H2,1-2H3. The molecule has 2 aliphatic carbocycles. The van der Waals surface area contributed by atoms with Gasteiger partial charge in [0.05, 0.1) is 12.2 Å². The molecule has 0 spiro atoms. The van der Waals surface area contributed by atoms with E-state index in [2.05, 4.69) is 0 Å². The van der Waals surface area contributed by atoms with E-state index in [1.165, 1.54) is 6.42 Å². The van der Waals surface area contributed by atoms with Crippen molar-refractivity contribution < 1.29 is 19.1 Å². The van der Waals surface area contributed by atoms with E-state index in [-0.39, 0.29) is 24.0 Å². The molecule has 2 saturated carbocycles. The molecule has 0 bridgehead atoms. The highest BCUT2D eigenvalue weighted by Gasteiger charge is 2.57. The molecule has 2 aliphatic rings. The lowest BCUT2D eigenvalue weighted by Gasteiger charge is -2.41. The van der Waals surface area contributed by atoms with E-state index >= 15 is 0 Å². The van der Waals surface area contributed by atoms with Gasteiger partial charge in [0.15, 0.2) is 0 Å². The van der Waals surface area contributed by atoms with Crippen molar-refractivity contribution in [1.29, 1.82) is 0 Å². The van der Waals surface area contributed by atoms with Crippen LogP contribution in [0.1, 0.15) is 75.6 Å². The van der Waals surface area contributed by atoms with Gasteiger partial charge >= 0.3 is 11.9 Å². The number of hydrogen-bond donors (Lipinski definition) is 0. The Balaban J connectivity index is 1.83. The molecule has 1 aromatic rings. The van der Waals surface area contributed by atoms with Crippen LogP contribution in [0.2, 0.25) is 0 Å². The summed E-state index contributed by atoms with van der Waals surface area (Å²) in [5, 5.41) is 0. The van der Waals surface area contributed by atoms with Gasteiger partial charge in [-0.1, -0.05) is 51.3 Å². The van der Waals surface area contributed by atoms with Gasteiger partial charge < -0.3 is 9.47 Å². The van der Waals surface area contributed by atoms with Gasteiger partial charge in [-0.15, -0.1) is 0 Å². The van der Waals surface area contributed by atoms with Crippen molar-refractivity contribution in [3.05, 3.63) is 35.9 Å². The highest BCUT2D eigenvalue weighted by atomic mass is 16.6. The van der Waals surface area contributed by atoms with Gasteiger partial charge in [-0.05, 0) is 56.1 Å². The summed E-state index contributed by atoms with van der Waals surface area (Å²) >= 11 is 0. The quantitative estimate of drug-likeness (QED) is 0.647. The average Bonchev–Trinajstić information content (AvgIpc) is 3.12. The zero-order valence-electron chi connectivity index (χ0n) is 16.6. The van der Waals surface area contributed by atoms with E-state index < -0.39 is 5.41 Å². The summed E-state index contributed by atoms with van der Waals surface area (Å²) in [4.78, 5) is 26.0.